The van der Waals surface area contributed by atoms with Gasteiger partial charge in [-0.05, 0) is 26.9 Å². The van der Waals surface area contributed by atoms with Crippen LogP contribution < -0.4 is 0 Å². The minimum absolute atomic E-state index is 0.179. The minimum Gasteiger partial charge on any atom is -0.478 e. The van der Waals surface area contributed by atoms with Crippen LogP contribution in [0.4, 0.5) is 0 Å². The summed E-state index contributed by atoms with van der Waals surface area (Å²) in [7, 11) is 3.88. The summed E-state index contributed by atoms with van der Waals surface area (Å²) in [5.41, 5.74) is 1.11. The summed E-state index contributed by atoms with van der Waals surface area (Å²) in [6, 6.07) is 1.63. The summed E-state index contributed by atoms with van der Waals surface area (Å²) in [6.45, 7) is 0. The molecule has 0 amide bonds. The van der Waals surface area contributed by atoms with Gasteiger partial charge in [0.2, 0.25) is 0 Å². The second kappa shape index (κ2) is 3.91. The fraction of sp³-hybridized carbons (Fsp3) is 0.417. The van der Waals surface area contributed by atoms with Gasteiger partial charge >= 0.3 is 5.97 Å². The highest BCUT2D eigenvalue weighted by Crippen LogP contribution is 2.50. The maximum Gasteiger partial charge on any atom is 0.339 e. The van der Waals surface area contributed by atoms with Gasteiger partial charge in [-0.1, -0.05) is 11.6 Å². The molecule has 1 aliphatic rings. The van der Waals surface area contributed by atoms with E-state index in [9.17, 15) is 9.90 Å². The van der Waals surface area contributed by atoms with Crippen LogP contribution in [0.1, 0.15) is 28.9 Å². The summed E-state index contributed by atoms with van der Waals surface area (Å²) in [4.78, 5) is 17.6. The third-order valence-electron chi connectivity index (χ3n) is 3.70. The maximum atomic E-state index is 11.4. The molecule has 1 aliphatic carbocycles. The Morgan fingerprint density at radius 3 is 2.74 bits per heavy atom. The zero-order valence-electron chi connectivity index (χ0n) is 10.6. The van der Waals surface area contributed by atoms with Gasteiger partial charge in [0.05, 0.1) is 11.2 Å². The van der Waals surface area contributed by atoms with E-state index in [-0.39, 0.29) is 11.1 Å². The van der Waals surface area contributed by atoms with Crippen molar-refractivity contribution >= 4 is 23.2 Å². The molecule has 1 N–H and O–H groups in total. The van der Waals surface area contributed by atoms with E-state index < -0.39 is 5.97 Å². The molecule has 0 aromatic carbocycles. The Morgan fingerprint density at radius 1 is 1.53 bits per heavy atom. The number of aromatic nitrogens is 3. The Kier molecular flexibility index (Phi) is 2.55. The molecule has 1 saturated carbocycles. The zero-order chi connectivity index (χ0) is 13.8. The highest BCUT2D eigenvalue weighted by atomic mass is 35.5. The number of carbonyl (C=O) groups is 1. The van der Waals surface area contributed by atoms with Gasteiger partial charge in [-0.2, -0.15) is 5.10 Å². The first-order valence-electron chi connectivity index (χ1n) is 5.91. The van der Waals surface area contributed by atoms with Crippen molar-refractivity contribution in [1.82, 2.24) is 19.5 Å². The van der Waals surface area contributed by atoms with Gasteiger partial charge in [-0.15, -0.1) is 0 Å². The SMILES string of the molecule is CN(C)C1(c2c(C(=O)O)cnc3cc(Cl)nn23)CC1. The van der Waals surface area contributed by atoms with Gasteiger partial charge in [0.25, 0.3) is 0 Å². The van der Waals surface area contributed by atoms with Crippen LogP contribution in [-0.4, -0.2) is 44.7 Å². The molecule has 2 aromatic heterocycles. The standard InChI is InChI=1S/C12H13ClN4O2/c1-16(2)12(3-4-12)10-7(11(18)19)6-14-9-5-8(13)15-17(9)10/h5-6H,3-4H2,1-2H3,(H,18,19). The van der Waals surface area contributed by atoms with E-state index in [0.717, 1.165) is 12.8 Å². The van der Waals surface area contributed by atoms with Crippen molar-refractivity contribution in [3.8, 4) is 0 Å². The quantitative estimate of drug-likeness (QED) is 0.925. The fourth-order valence-electron chi connectivity index (χ4n) is 2.52. The lowest BCUT2D eigenvalue weighted by atomic mass is 10.1. The minimum atomic E-state index is -0.996. The van der Waals surface area contributed by atoms with Gasteiger partial charge in [-0.25, -0.2) is 14.3 Å². The third kappa shape index (κ3) is 1.71. The number of halogens is 1. The molecule has 100 valence electrons. The molecule has 19 heavy (non-hydrogen) atoms. The molecule has 0 spiro atoms. The van der Waals surface area contributed by atoms with Gasteiger partial charge in [0, 0.05) is 12.3 Å². The number of fused-ring (bicyclic) bond motifs is 1. The van der Waals surface area contributed by atoms with Gasteiger partial charge in [0.1, 0.15) is 5.56 Å². The third-order valence-corrected chi connectivity index (χ3v) is 3.89. The van der Waals surface area contributed by atoms with Crippen molar-refractivity contribution < 1.29 is 9.90 Å². The lowest BCUT2D eigenvalue weighted by Crippen LogP contribution is -2.32. The van der Waals surface area contributed by atoms with Crippen LogP contribution in [0.15, 0.2) is 12.3 Å². The van der Waals surface area contributed by atoms with Crippen molar-refractivity contribution in [3.63, 3.8) is 0 Å². The summed E-state index contributed by atoms with van der Waals surface area (Å²) < 4.78 is 1.55. The maximum absolute atomic E-state index is 11.4. The molecule has 7 heteroatoms. The predicted octanol–water partition coefficient (Wildman–Crippen LogP) is 1.63. The topological polar surface area (TPSA) is 70.7 Å². The smallest absolute Gasteiger partial charge is 0.339 e. The Labute approximate surface area is 114 Å². The molecular formula is C12H13ClN4O2. The first-order valence-corrected chi connectivity index (χ1v) is 6.29. The van der Waals surface area contributed by atoms with Crippen molar-refractivity contribution in [2.75, 3.05) is 14.1 Å². The van der Waals surface area contributed by atoms with Crippen LogP contribution in [0.25, 0.3) is 5.65 Å². The summed E-state index contributed by atoms with van der Waals surface area (Å²) in [5.74, 6) is -0.996. The first-order chi connectivity index (χ1) is 8.95. The van der Waals surface area contributed by atoms with E-state index in [1.54, 1.807) is 10.6 Å². The van der Waals surface area contributed by atoms with Gasteiger partial charge in [-0.3, -0.25) is 4.90 Å². The average molecular weight is 281 g/mol. The van der Waals surface area contributed by atoms with Crippen LogP contribution in [0, 0.1) is 0 Å². The van der Waals surface area contributed by atoms with Crippen LogP contribution in [0.2, 0.25) is 5.15 Å². The van der Waals surface area contributed by atoms with E-state index >= 15 is 0 Å². The molecule has 0 bridgehead atoms. The molecule has 3 rings (SSSR count). The molecule has 0 unspecified atom stereocenters. The highest BCUT2D eigenvalue weighted by molar-refractivity contribution is 6.29. The average Bonchev–Trinajstić information content (AvgIpc) is 3.04. The van der Waals surface area contributed by atoms with E-state index in [1.807, 2.05) is 19.0 Å². The largest absolute Gasteiger partial charge is 0.478 e. The number of rotatable bonds is 3. The number of carboxylic acid groups (broad SMARTS) is 1. The molecule has 2 aromatic rings. The number of carboxylic acids is 1. The van der Waals surface area contributed by atoms with E-state index in [4.69, 9.17) is 11.6 Å². The predicted molar refractivity (Wildman–Crippen MR) is 69.6 cm³/mol. The molecule has 0 atom stereocenters. The molecule has 0 radical (unpaired) electrons. The highest BCUT2D eigenvalue weighted by Gasteiger charge is 2.50. The van der Waals surface area contributed by atoms with E-state index in [1.165, 1.54) is 6.20 Å². The summed E-state index contributed by atoms with van der Waals surface area (Å²) in [6.07, 6.45) is 3.18. The normalized spacial score (nSPS) is 17.1. The van der Waals surface area contributed by atoms with Crippen molar-refractivity contribution in [2.24, 2.45) is 0 Å². The number of nitrogens with zero attached hydrogens (tertiary/aromatic N) is 4. The lowest BCUT2D eigenvalue weighted by Gasteiger charge is -2.25. The van der Waals surface area contributed by atoms with Crippen molar-refractivity contribution in [1.29, 1.82) is 0 Å². The fourth-order valence-corrected chi connectivity index (χ4v) is 2.70. The van der Waals surface area contributed by atoms with Crippen LogP contribution in [0.5, 0.6) is 0 Å². The Balaban J connectivity index is 2.35. The second-order valence-electron chi connectivity index (χ2n) is 4.99. The monoisotopic (exact) mass is 280 g/mol. The lowest BCUT2D eigenvalue weighted by molar-refractivity contribution is 0.0690. The van der Waals surface area contributed by atoms with Gasteiger partial charge in [0.15, 0.2) is 10.8 Å². The Hall–Kier alpha value is -1.66. The van der Waals surface area contributed by atoms with Crippen molar-refractivity contribution in [2.45, 2.75) is 18.4 Å². The molecule has 2 heterocycles. The van der Waals surface area contributed by atoms with E-state index in [0.29, 0.717) is 16.5 Å². The number of hydrogen-bond acceptors (Lipinski definition) is 4. The van der Waals surface area contributed by atoms with Crippen LogP contribution in [-0.2, 0) is 5.54 Å². The Bertz CT molecular complexity index is 676. The summed E-state index contributed by atoms with van der Waals surface area (Å²) >= 11 is 5.90. The molecule has 0 saturated heterocycles. The molecular weight excluding hydrogens is 268 g/mol. The zero-order valence-corrected chi connectivity index (χ0v) is 11.3. The van der Waals surface area contributed by atoms with Crippen molar-refractivity contribution in [3.05, 3.63) is 28.7 Å². The molecule has 6 nitrogen and oxygen atoms in total. The first kappa shape index (κ1) is 12.4. The Morgan fingerprint density at radius 2 is 2.21 bits per heavy atom. The van der Waals surface area contributed by atoms with E-state index in [2.05, 4.69) is 10.1 Å². The second-order valence-corrected chi connectivity index (χ2v) is 5.38. The van der Waals surface area contributed by atoms with Crippen LogP contribution in [0.3, 0.4) is 0 Å². The molecule has 0 aliphatic heterocycles. The number of aromatic carboxylic acids is 1. The van der Waals surface area contributed by atoms with Crippen LogP contribution >= 0.6 is 11.6 Å². The summed E-state index contributed by atoms with van der Waals surface area (Å²) in [5, 5.41) is 13.9. The van der Waals surface area contributed by atoms with Gasteiger partial charge < -0.3 is 5.11 Å². The molecule has 1 fully saturated rings. The number of hydrogen-bond donors (Lipinski definition) is 1.